The molecular formula is C12H14O5. The van der Waals surface area contributed by atoms with Gasteiger partial charge >= 0.3 is 5.97 Å². The summed E-state index contributed by atoms with van der Waals surface area (Å²) >= 11 is 0. The highest BCUT2D eigenvalue weighted by Crippen LogP contribution is 2.31. The van der Waals surface area contributed by atoms with E-state index in [2.05, 4.69) is 11.3 Å². The molecule has 5 heteroatoms. The van der Waals surface area contributed by atoms with Crippen molar-refractivity contribution in [2.24, 2.45) is 0 Å². The minimum absolute atomic E-state index is 0.0490. The molecular weight excluding hydrogens is 224 g/mol. The highest BCUT2D eigenvalue weighted by Gasteiger charge is 2.20. The lowest BCUT2D eigenvalue weighted by Crippen LogP contribution is -2.12. The topological polar surface area (TPSA) is 76.0 Å². The van der Waals surface area contributed by atoms with E-state index < -0.39 is 12.1 Å². The van der Waals surface area contributed by atoms with Gasteiger partial charge in [0.1, 0.15) is 6.10 Å². The van der Waals surface area contributed by atoms with Crippen LogP contribution in [0.4, 0.5) is 0 Å². The Morgan fingerprint density at radius 2 is 2.06 bits per heavy atom. The normalized spacial score (nSPS) is 11.7. The molecule has 92 valence electrons. The zero-order chi connectivity index (χ0) is 13.0. The second-order valence-electron chi connectivity index (χ2n) is 3.35. The molecule has 0 saturated heterocycles. The summed E-state index contributed by atoms with van der Waals surface area (Å²) in [7, 11) is 2.60. The summed E-state index contributed by atoms with van der Waals surface area (Å²) < 4.78 is 9.35. The Balaban J connectivity index is 3.00. The van der Waals surface area contributed by atoms with E-state index in [4.69, 9.17) is 4.74 Å². The summed E-state index contributed by atoms with van der Waals surface area (Å²) in [5, 5.41) is 19.3. The molecule has 1 rings (SSSR count). The lowest BCUT2D eigenvalue weighted by atomic mass is 10.0. The van der Waals surface area contributed by atoms with E-state index in [-0.39, 0.29) is 17.1 Å². The monoisotopic (exact) mass is 238 g/mol. The van der Waals surface area contributed by atoms with E-state index in [9.17, 15) is 15.0 Å². The fraction of sp³-hybridized carbons (Fsp3) is 0.250. The van der Waals surface area contributed by atoms with E-state index in [1.807, 2.05) is 0 Å². The molecule has 0 aliphatic carbocycles. The third-order valence-electron chi connectivity index (χ3n) is 2.30. The first kappa shape index (κ1) is 13.1. The van der Waals surface area contributed by atoms with Crippen molar-refractivity contribution in [3.8, 4) is 11.5 Å². The van der Waals surface area contributed by atoms with Gasteiger partial charge in [0.2, 0.25) is 0 Å². The van der Waals surface area contributed by atoms with Crippen LogP contribution in [0.1, 0.15) is 11.7 Å². The van der Waals surface area contributed by atoms with Crippen LogP contribution in [0.2, 0.25) is 0 Å². The Morgan fingerprint density at radius 3 is 2.59 bits per heavy atom. The lowest BCUT2D eigenvalue weighted by molar-refractivity contribution is -0.137. The average Bonchev–Trinajstić information content (AvgIpc) is 2.36. The summed E-state index contributed by atoms with van der Waals surface area (Å²) in [6.07, 6.45) is -1.20. The Bertz CT molecular complexity index is 439. The molecule has 2 N–H and O–H groups in total. The fourth-order valence-corrected chi connectivity index (χ4v) is 1.31. The van der Waals surface area contributed by atoms with Gasteiger partial charge in [0.25, 0.3) is 0 Å². The molecule has 0 saturated carbocycles. The Labute approximate surface area is 98.9 Å². The Kier molecular flexibility index (Phi) is 4.12. The van der Waals surface area contributed by atoms with E-state index in [1.54, 1.807) is 0 Å². The molecule has 17 heavy (non-hydrogen) atoms. The number of esters is 1. The molecule has 0 bridgehead atoms. The standard InChI is InChI=1S/C12H14O5/c1-7(12(15)17-3)11(14)8-4-5-9(13)10(6-8)16-2/h4-6,11,13-14H,1H2,2-3H3. The van der Waals surface area contributed by atoms with Gasteiger partial charge in [0.15, 0.2) is 11.5 Å². The molecule has 1 aromatic carbocycles. The van der Waals surface area contributed by atoms with Gasteiger partial charge < -0.3 is 19.7 Å². The molecule has 0 radical (unpaired) electrons. The molecule has 1 aromatic rings. The number of aromatic hydroxyl groups is 1. The summed E-state index contributed by atoms with van der Waals surface area (Å²) in [4.78, 5) is 11.2. The number of benzene rings is 1. The van der Waals surface area contributed by atoms with Gasteiger partial charge in [-0.25, -0.2) is 4.79 Å². The molecule has 0 heterocycles. The van der Waals surface area contributed by atoms with E-state index in [0.717, 1.165) is 0 Å². The quantitative estimate of drug-likeness (QED) is 0.608. The van der Waals surface area contributed by atoms with Gasteiger partial charge in [-0.1, -0.05) is 12.6 Å². The van der Waals surface area contributed by atoms with Crippen LogP contribution in [0, 0.1) is 0 Å². The van der Waals surface area contributed by atoms with Crippen molar-refractivity contribution in [1.82, 2.24) is 0 Å². The number of methoxy groups -OCH3 is 2. The lowest BCUT2D eigenvalue weighted by Gasteiger charge is -2.13. The predicted molar refractivity (Wildman–Crippen MR) is 60.8 cm³/mol. The van der Waals surface area contributed by atoms with Gasteiger partial charge in [-0.2, -0.15) is 0 Å². The number of phenolic OH excluding ortho intramolecular Hbond substituents is 1. The van der Waals surface area contributed by atoms with Crippen molar-refractivity contribution < 1.29 is 24.5 Å². The van der Waals surface area contributed by atoms with Crippen LogP contribution in [0.5, 0.6) is 11.5 Å². The first-order valence-electron chi connectivity index (χ1n) is 4.83. The highest BCUT2D eigenvalue weighted by molar-refractivity contribution is 5.89. The summed E-state index contributed by atoms with van der Waals surface area (Å²) in [6.45, 7) is 3.45. The smallest absolute Gasteiger partial charge is 0.336 e. The summed E-state index contributed by atoms with van der Waals surface area (Å²) in [5.41, 5.74) is 0.301. The summed E-state index contributed by atoms with van der Waals surface area (Å²) in [5.74, 6) is -0.532. The third kappa shape index (κ3) is 2.76. The van der Waals surface area contributed by atoms with Crippen LogP contribution in [0.25, 0.3) is 0 Å². The number of carbonyl (C=O) groups excluding carboxylic acids is 1. The third-order valence-corrected chi connectivity index (χ3v) is 2.30. The molecule has 0 aliphatic heterocycles. The van der Waals surface area contributed by atoms with Crippen molar-refractivity contribution in [2.75, 3.05) is 14.2 Å². The molecule has 5 nitrogen and oxygen atoms in total. The number of ether oxygens (including phenoxy) is 2. The van der Waals surface area contributed by atoms with Crippen LogP contribution in [0.15, 0.2) is 30.4 Å². The number of hydrogen-bond donors (Lipinski definition) is 2. The SMILES string of the molecule is C=C(C(=O)OC)C(O)c1ccc(O)c(OC)c1. The minimum atomic E-state index is -1.20. The zero-order valence-electron chi connectivity index (χ0n) is 9.64. The maximum Gasteiger partial charge on any atom is 0.336 e. The van der Waals surface area contributed by atoms with Gasteiger partial charge in [-0.05, 0) is 17.7 Å². The largest absolute Gasteiger partial charge is 0.504 e. The van der Waals surface area contributed by atoms with E-state index in [0.29, 0.717) is 5.56 Å². The summed E-state index contributed by atoms with van der Waals surface area (Å²) in [6, 6.07) is 4.26. The van der Waals surface area contributed by atoms with Crippen LogP contribution in [-0.2, 0) is 9.53 Å². The van der Waals surface area contributed by atoms with E-state index in [1.165, 1.54) is 32.4 Å². The van der Waals surface area contributed by atoms with Crippen LogP contribution >= 0.6 is 0 Å². The number of hydrogen-bond acceptors (Lipinski definition) is 5. The van der Waals surface area contributed by atoms with Crippen molar-refractivity contribution >= 4 is 5.97 Å². The zero-order valence-corrected chi connectivity index (χ0v) is 9.64. The maximum atomic E-state index is 11.2. The molecule has 1 atom stereocenters. The number of aliphatic hydroxyl groups is 1. The Hall–Kier alpha value is -2.01. The molecule has 0 aliphatic rings. The molecule has 0 aromatic heterocycles. The van der Waals surface area contributed by atoms with Crippen LogP contribution in [-0.4, -0.2) is 30.4 Å². The van der Waals surface area contributed by atoms with E-state index >= 15 is 0 Å². The van der Waals surface area contributed by atoms with Crippen molar-refractivity contribution in [2.45, 2.75) is 6.10 Å². The van der Waals surface area contributed by atoms with Gasteiger partial charge in [0, 0.05) is 0 Å². The van der Waals surface area contributed by atoms with Crippen LogP contribution < -0.4 is 4.74 Å². The van der Waals surface area contributed by atoms with Crippen molar-refractivity contribution in [3.05, 3.63) is 35.9 Å². The maximum absolute atomic E-state index is 11.2. The number of rotatable bonds is 4. The van der Waals surface area contributed by atoms with Gasteiger partial charge in [-0.15, -0.1) is 0 Å². The number of aliphatic hydroxyl groups excluding tert-OH is 1. The molecule has 0 amide bonds. The highest BCUT2D eigenvalue weighted by atomic mass is 16.5. The number of carbonyl (C=O) groups is 1. The molecule has 0 fully saturated rings. The van der Waals surface area contributed by atoms with Crippen molar-refractivity contribution in [1.29, 1.82) is 0 Å². The first-order chi connectivity index (χ1) is 8.01. The second kappa shape index (κ2) is 5.36. The fourth-order valence-electron chi connectivity index (χ4n) is 1.31. The first-order valence-corrected chi connectivity index (χ1v) is 4.83. The number of phenols is 1. The Morgan fingerprint density at radius 1 is 1.41 bits per heavy atom. The van der Waals surface area contributed by atoms with Crippen molar-refractivity contribution in [3.63, 3.8) is 0 Å². The minimum Gasteiger partial charge on any atom is -0.504 e. The van der Waals surface area contributed by atoms with Crippen LogP contribution in [0.3, 0.4) is 0 Å². The molecule has 1 unspecified atom stereocenters. The second-order valence-corrected chi connectivity index (χ2v) is 3.35. The molecule has 0 spiro atoms. The van der Waals surface area contributed by atoms with Gasteiger partial charge in [0.05, 0.1) is 19.8 Å². The average molecular weight is 238 g/mol. The van der Waals surface area contributed by atoms with Gasteiger partial charge in [-0.3, -0.25) is 0 Å². The predicted octanol–water partition coefficient (Wildman–Crippen LogP) is 1.16.